The number of ether oxygens (including phenoxy) is 2. The first kappa shape index (κ1) is 16.0. The molecule has 0 unspecified atom stereocenters. The maximum Gasteiger partial charge on any atom is 0.337 e. The highest BCUT2D eigenvalue weighted by molar-refractivity contribution is 5.90. The number of benzene rings is 1. The van der Waals surface area contributed by atoms with Crippen molar-refractivity contribution in [2.24, 2.45) is 0 Å². The van der Waals surface area contributed by atoms with Crippen LogP contribution < -0.4 is 4.74 Å². The molecule has 1 aromatic carbocycles. The van der Waals surface area contributed by atoms with Gasteiger partial charge >= 0.3 is 5.97 Å². The summed E-state index contributed by atoms with van der Waals surface area (Å²) in [6.07, 6.45) is 5.33. The lowest BCUT2D eigenvalue weighted by molar-refractivity contribution is 0.0600. The Morgan fingerprint density at radius 2 is 1.94 bits per heavy atom. The molecule has 0 aromatic heterocycles. The highest BCUT2D eigenvalue weighted by Gasteiger charge is 2.08. The van der Waals surface area contributed by atoms with Gasteiger partial charge in [0, 0.05) is 5.56 Å². The first-order valence-electron chi connectivity index (χ1n) is 5.78. The van der Waals surface area contributed by atoms with Gasteiger partial charge in [-0.05, 0) is 12.1 Å². The van der Waals surface area contributed by atoms with Crippen LogP contribution in [0.4, 0.5) is 0 Å². The number of hydrogen-bond acceptors (Lipinski definition) is 3. The van der Waals surface area contributed by atoms with Crippen LogP contribution in [-0.4, -0.2) is 20.2 Å². The van der Waals surface area contributed by atoms with Crippen molar-refractivity contribution in [1.82, 2.24) is 0 Å². The number of methoxy groups -OCH3 is 2. The van der Waals surface area contributed by atoms with E-state index >= 15 is 0 Å². The van der Waals surface area contributed by atoms with Crippen molar-refractivity contribution in [2.45, 2.75) is 13.8 Å². The molecule has 0 saturated carbocycles. The molecule has 0 N–H and O–H groups in total. The van der Waals surface area contributed by atoms with Crippen molar-refractivity contribution in [2.75, 3.05) is 14.2 Å². The SMILES string of the molecule is C=C/C=C/c1ccc(C(=O)OC)cc1OC.CC. The van der Waals surface area contributed by atoms with E-state index in [1.54, 1.807) is 37.5 Å². The van der Waals surface area contributed by atoms with E-state index in [0.29, 0.717) is 11.3 Å². The van der Waals surface area contributed by atoms with Gasteiger partial charge in [-0.15, -0.1) is 0 Å². The Bertz CT molecular complexity index is 420. The smallest absolute Gasteiger partial charge is 0.337 e. The summed E-state index contributed by atoms with van der Waals surface area (Å²) >= 11 is 0. The van der Waals surface area contributed by atoms with Gasteiger partial charge in [0.15, 0.2) is 0 Å². The lowest BCUT2D eigenvalue weighted by Gasteiger charge is -2.06. The Morgan fingerprint density at radius 1 is 1.28 bits per heavy atom. The van der Waals surface area contributed by atoms with Gasteiger partial charge in [-0.25, -0.2) is 4.79 Å². The van der Waals surface area contributed by atoms with Crippen molar-refractivity contribution in [3.63, 3.8) is 0 Å². The Balaban J connectivity index is 0.00000137. The van der Waals surface area contributed by atoms with Crippen LogP contribution in [0.2, 0.25) is 0 Å². The van der Waals surface area contributed by atoms with Gasteiger partial charge in [0.2, 0.25) is 0 Å². The number of carbonyl (C=O) groups excluding carboxylic acids is 1. The van der Waals surface area contributed by atoms with Crippen LogP contribution in [0.1, 0.15) is 29.8 Å². The minimum Gasteiger partial charge on any atom is -0.496 e. The largest absolute Gasteiger partial charge is 0.496 e. The molecule has 0 amide bonds. The third-order valence-corrected chi connectivity index (χ3v) is 2.07. The molecule has 0 fully saturated rings. The number of hydrogen-bond donors (Lipinski definition) is 0. The molecule has 18 heavy (non-hydrogen) atoms. The predicted octanol–water partition coefficient (Wildman–Crippen LogP) is 3.71. The van der Waals surface area contributed by atoms with Gasteiger partial charge in [-0.1, -0.05) is 44.7 Å². The molecule has 0 atom stereocenters. The average Bonchev–Trinajstić information content (AvgIpc) is 2.46. The predicted molar refractivity (Wildman–Crippen MR) is 74.9 cm³/mol. The lowest BCUT2D eigenvalue weighted by Crippen LogP contribution is -2.01. The van der Waals surface area contributed by atoms with Crippen molar-refractivity contribution in [3.05, 3.63) is 48.1 Å². The molecule has 0 radical (unpaired) electrons. The normalized spacial score (nSPS) is 9.33. The standard InChI is InChI=1S/C13H14O3.C2H6/c1-4-5-6-10-7-8-11(13(14)16-3)9-12(10)15-2;1-2/h4-9H,1H2,2-3H3;1-2H3/b6-5+;. The molecule has 0 aliphatic rings. The van der Waals surface area contributed by atoms with E-state index in [1.807, 2.05) is 19.9 Å². The fourth-order valence-electron chi connectivity index (χ4n) is 1.27. The van der Waals surface area contributed by atoms with Gasteiger partial charge in [-0.2, -0.15) is 0 Å². The summed E-state index contributed by atoms with van der Waals surface area (Å²) < 4.78 is 9.81. The Kier molecular flexibility index (Phi) is 8.03. The van der Waals surface area contributed by atoms with Gasteiger partial charge in [0.1, 0.15) is 5.75 Å². The van der Waals surface area contributed by atoms with Crippen molar-refractivity contribution in [1.29, 1.82) is 0 Å². The number of allylic oxidation sites excluding steroid dienone is 2. The molecule has 1 rings (SSSR count). The third kappa shape index (κ3) is 4.45. The van der Waals surface area contributed by atoms with Gasteiger partial charge in [0.05, 0.1) is 19.8 Å². The maximum absolute atomic E-state index is 11.3. The highest BCUT2D eigenvalue weighted by atomic mass is 16.5. The summed E-state index contributed by atoms with van der Waals surface area (Å²) in [4.78, 5) is 11.3. The first-order valence-corrected chi connectivity index (χ1v) is 5.78. The molecule has 98 valence electrons. The summed E-state index contributed by atoms with van der Waals surface area (Å²) in [5, 5.41) is 0. The first-order chi connectivity index (χ1) is 8.72. The molecule has 3 heteroatoms. The fourth-order valence-corrected chi connectivity index (χ4v) is 1.27. The number of rotatable bonds is 4. The van der Waals surface area contributed by atoms with Crippen LogP contribution in [0.3, 0.4) is 0 Å². The Morgan fingerprint density at radius 3 is 2.44 bits per heavy atom. The second kappa shape index (κ2) is 9.05. The van der Waals surface area contributed by atoms with E-state index in [9.17, 15) is 4.79 Å². The Hall–Kier alpha value is -2.03. The molecular formula is C15H20O3. The van der Waals surface area contributed by atoms with E-state index in [0.717, 1.165) is 5.56 Å². The fraction of sp³-hybridized carbons (Fsp3) is 0.267. The molecule has 0 aliphatic carbocycles. The van der Waals surface area contributed by atoms with Gasteiger partial charge in [0.25, 0.3) is 0 Å². The minimum absolute atomic E-state index is 0.377. The molecule has 0 saturated heterocycles. The van der Waals surface area contributed by atoms with Gasteiger partial charge in [-0.3, -0.25) is 0 Å². The molecule has 0 bridgehead atoms. The topological polar surface area (TPSA) is 35.5 Å². The molecule has 0 aliphatic heterocycles. The second-order valence-electron chi connectivity index (χ2n) is 3.04. The van der Waals surface area contributed by atoms with Crippen LogP contribution in [0.15, 0.2) is 36.9 Å². The zero-order valence-corrected chi connectivity index (χ0v) is 11.4. The molecule has 1 aromatic rings. The average molecular weight is 248 g/mol. The highest BCUT2D eigenvalue weighted by Crippen LogP contribution is 2.22. The van der Waals surface area contributed by atoms with E-state index in [4.69, 9.17) is 4.74 Å². The van der Waals surface area contributed by atoms with Crippen LogP contribution in [0.5, 0.6) is 5.75 Å². The van der Waals surface area contributed by atoms with Crippen molar-refractivity contribution < 1.29 is 14.3 Å². The zero-order chi connectivity index (χ0) is 14.0. The minimum atomic E-state index is -0.377. The van der Waals surface area contributed by atoms with Crippen LogP contribution in [0, 0.1) is 0 Å². The quantitative estimate of drug-likeness (QED) is 0.602. The Labute approximate surface area is 109 Å². The van der Waals surface area contributed by atoms with Crippen LogP contribution in [-0.2, 0) is 4.74 Å². The zero-order valence-electron chi connectivity index (χ0n) is 11.4. The summed E-state index contributed by atoms with van der Waals surface area (Å²) in [5.74, 6) is 0.249. The second-order valence-corrected chi connectivity index (χ2v) is 3.04. The third-order valence-electron chi connectivity index (χ3n) is 2.07. The summed E-state index contributed by atoms with van der Waals surface area (Å²) in [6, 6.07) is 5.14. The van der Waals surface area contributed by atoms with Gasteiger partial charge < -0.3 is 9.47 Å². The van der Waals surface area contributed by atoms with Crippen LogP contribution >= 0.6 is 0 Å². The van der Waals surface area contributed by atoms with Crippen molar-refractivity contribution in [3.8, 4) is 5.75 Å². The molecule has 0 spiro atoms. The summed E-state index contributed by atoms with van der Waals surface area (Å²) in [7, 11) is 2.90. The molecular weight excluding hydrogens is 228 g/mol. The number of carbonyl (C=O) groups is 1. The monoisotopic (exact) mass is 248 g/mol. The van der Waals surface area contributed by atoms with E-state index in [1.165, 1.54) is 7.11 Å². The van der Waals surface area contributed by atoms with E-state index in [2.05, 4.69) is 11.3 Å². The number of esters is 1. The van der Waals surface area contributed by atoms with E-state index < -0.39 is 0 Å². The van der Waals surface area contributed by atoms with E-state index in [-0.39, 0.29) is 5.97 Å². The maximum atomic E-state index is 11.3. The lowest BCUT2D eigenvalue weighted by atomic mass is 10.1. The summed E-state index contributed by atoms with van der Waals surface area (Å²) in [5.41, 5.74) is 1.35. The van der Waals surface area contributed by atoms with Crippen molar-refractivity contribution >= 4 is 12.0 Å². The molecule has 0 heterocycles. The summed E-state index contributed by atoms with van der Waals surface area (Å²) in [6.45, 7) is 7.59. The molecule has 3 nitrogen and oxygen atoms in total. The van der Waals surface area contributed by atoms with Crippen LogP contribution in [0.25, 0.3) is 6.08 Å².